The van der Waals surface area contributed by atoms with Gasteiger partial charge in [0.15, 0.2) is 0 Å². The molecule has 0 spiro atoms. The molecule has 0 unspecified atom stereocenters. The Morgan fingerprint density at radius 3 is 2.37 bits per heavy atom. The minimum Gasteiger partial charge on any atom is -0.465 e. The summed E-state index contributed by atoms with van der Waals surface area (Å²) in [4.78, 5) is 37.4. The first-order valence-corrected chi connectivity index (χ1v) is 8.39. The number of esters is 1. The molecule has 142 valence electrons. The Morgan fingerprint density at radius 1 is 1.07 bits per heavy atom. The Kier molecular flexibility index (Phi) is 7.05. The van der Waals surface area contributed by atoms with Crippen LogP contribution in [0, 0.1) is 5.82 Å². The maximum Gasteiger partial charge on any atom is 0.339 e. The van der Waals surface area contributed by atoms with E-state index in [2.05, 4.69) is 5.32 Å². The minimum absolute atomic E-state index is 0.203. The monoisotopic (exact) mass is 372 g/mol. The molecule has 7 heteroatoms. The number of carbonyl (C=O) groups excluding carboxylic acids is 3. The van der Waals surface area contributed by atoms with Gasteiger partial charge in [0, 0.05) is 13.5 Å². The summed E-state index contributed by atoms with van der Waals surface area (Å²) < 4.78 is 17.6. The lowest BCUT2D eigenvalue weighted by atomic mass is 10.1. The fraction of sp³-hybridized carbons (Fsp3) is 0.250. The first-order valence-electron chi connectivity index (χ1n) is 8.39. The number of nitrogens with zero attached hydrogens (tertiary/aromatic N) is 1. The molecule has 0 saturated carbocycles. The Balaban J connectivity index is 2.01. The van der Waals surface area contributed by atoms with Gasteiger partial charge in [0.05, 0.1) is 18.4 Å². The van der Waals surface area contributed by atoms with Gasteiger partial charge in [-0.1, -0.05) is 24.3 Å². The van der Waals surface area contributed by atoms with Gasteiger partial charge in [0.25, 0.3) is 0 Å². The van der Waals surface area contributed by atoms with Crippen molar-refractivity contribution in [1.29, 1.82) is 0 Å². The normalized spacial score (nSPS) is 10.2. The Labute approximate surface area is 156 Å². The van der Waals surface area contributed by atoms with Gasteiger partial charge in [-0.2, -0.15) is 0 Å². The van der Waals surface area contributed by atoms with Crippen molar-refractivity contribution < 1.29 is 23.5 Å². The molecule has 2 rings (SSSR count). The summed E-state index contributed by atoms with van der Waals surface area (Å²) in [6, 6.07) is 12.5. The van der Waals surface area contributed by atoms with Crippen LogP contribution in [-0.4, -0.2) is 38.0 Å². The van der Waals surface area contributed by atoms with E-state index in [-0.39, 0.29) is 29.7 Å². The van der Waals surface area contributed by atoms with Crippen LogP contribution < -0.4 is 10.2 Å². The van der Waals surface area contributed by atoms with E-state index in [1.165, 1.54) is 37.1 Å². The SMILES string of the molecule is COC(=O)c1ccccc1N(CC(=O)NCCc1ccc(F)cc1)C(C)=O. The first kappa shape index (κ1) is 20.1. The number of hydrogen-bond acceptors (Lipinski definition) is 4. The molecule has 0 aromatic heterocycles. The number of hydrogen-bond donors (Lipinski definition) is 1. The number of ether oxygens (including phenoxy) is 1. The number of halogens is 1. The van der Waals surface area contributed by atoms with Crippen molar-refractivity contribution in [3.8, 4) is 0 Å². The van der Waals surface area contributed by atoms with E-state index in [0.717, 1.165) is 5.56 Å². The molecule has 0 aliphatic heterocycles. The van der Waals surface area contributed by atoms with Crippen LogP contribution in [0.15, 0.2) is 48.5 Å². The molecule has 0 fully saturated rings. The number of rotatable bonds is 7. The van der Waals surface area contributed by atoms with Crippen molar-refractivity contribution in [3.05, 3.63) is 65.5 Å². The van der Waals surface area contributed by atoms with E-state index in [1.54, 1.807) is 30.3 Å². The summed E-state index contributed by atoms with van der Waals surface area (Å²) in [5, 5.41) is 2.72. The summed E-state index contributed by atoms with van der Waals surface area (Å²) in [6.45, 7) is 1.43. The molecule has 0 atom stereocenters. The molecule has 6 nitrogen and oxygen atoms in total. The average molecular weight is 372 g/mol. The van der Waals surface area contributed by atoms with Crippen LogP contribution in [-0.2, 0) is 20.7 Å². The maximum absolute atomic E-state index is 12.9. The van der Waals surface area contributed by atoms with E-state index in [0.29, 0.717) is 18.7 Å². The molecule has 0 heterocycles. The van der Waals surface area contributed by atoms with E-state index >= 15 is 0 Å². The van der Waals surface area contributed by atoms with Crippen LogP contribution >= 0.6 is 0 Å². The molecule has 0 aliphatic rings. The molecule has 0 bridgehead atoms. The smallest absolute Gasteiger partial charge is 0.339 e. The molecule has 0 saturated heterocycles. The van der Waals surface area contributed by atoms with Crippen molar-refractivity contribution >= 4 is 23.5 Å². The number of anilines is 1. The number of carbonyl (C=O) groups is 3. The van der Waals surface area contributed by atoms with Gasteiger partial charge in [-0.15, -0.1) is 0 Å². The zero-order chi connectivity index (χ0) is 19.8. The predicted molar refractivity (Wildman–Crippen MR) is 98.9 cm³/mol. The largest absolute Gasteiger partial charge is 0.465 e. The summed E-state index contributed by atoms with van der Waals surface area (Å²) in [5.74, 6) is -1.65. The third-order valence-corrected chi connectivity index (χ3v) is 3.93. The van der Waals surface area contributed by atoms with Crippen LogP contribution in [0.2, 0.25) is 0 Å². The predicted octanol–water partition coefficient (Wildman–Crippen LogP) is 2.32. The molecular formula is C20H21FN2O4. The minimum atomic E-state index is -0.589. The van der Waals surface area contributed by atoms with Crippen LogP contribution in [0.25, 0.3) is 0 Å². The van der Waals surface area contributed by atoms with Crippen molar-refractivity contribution in [1.82, 2.24) is 5.32 Å². The first-order chi connectivity index (χ1) is 12.9. The summed E-state index contributed by atoms with van der Waals surface area (Å²) in [7, 11) is 1.25. The molecule has 0 radical (unpaired) electrons. The Bertz CT molecular complexity index is 821. The van der Waals surface area contributed by atoms with E-state index in [4.69, 9.17) is 4.74 Å². The second-order valence-electron chi connectivity index (χ2n) is 5.84. The molecular weight excluding hydrogens is 351 g/mol. The highest BCUT2D eigenvalue weighted by molar-refractivity contribution is 6.04. The molecule has 0 aliphatic carbocycles. The number of benzene rings is 2. The van der Waals surface area contributed by atoms with Gasteiger partial charge in [0.2, 0.25) is 11.8 Å². The van der Waals surface area contributed by atoms with Gasteiger partial charge in [-0.05, 0) is 36.2 Å². The van der Waals surface area contributed by atoms with Gasteiger partial charge in [-0.25, -0.2) is 9.18 Å². The van der Waals surface area contributed by atoms with Crippen LogP contribution in [0.1, 0.15) is 22.8 Å². The lowest BCUT2D eigenvalue weighted by Crippen LogP contribution is -2.41. The van der Waals surface area contributed by atoms with Crippen LogP contribution in [0.4, 0.5) is 10.1 Å². The van der Waals surface area contributed by atoms with E-state index in [1.807, 2.05) is 0 Å². The van der Waals surface area contributed by atoms with Gasteiger partial charge in [-0.3, -0.25) is 9.59 Å². The van der Waals surface area contributed by atoms with Gasteiger partial charge < -0.3 is 15.0 Å². The molecule has 2 amide bonds. The number of amides is 2. The second kappa shape index (κ2) is 9.47. The van der Waals surface area contributed by atoms with Crippen molar-refractivity contribution in [2.24, 2.45) is 0 Å². The van der Waals surface area contributed by atoms with E-state index < -0.39 is 5.97 Å². The lowest BCUT2D eigenvalue weighted by molar-refractivity contribution is -0.123. The highest BCUT2D eigenvalue weighted by Gasteiger charge is 2.21. The topological polar surface area (TPSA) is 75.7 Å². The highest BCUT2D eigenvalue weighted by atomic mass is 19.1. The standard InChI is InChI=1S/C20H21FN2O4/c1-14(24)23(18-6-4-3-5-17(18)20(26)27-2)13-19(25)22-12-11-15-7-9-16(21)10-8-15/h3-10H,11-13H2,1-2H3,(H,22,25). The molecule has 27 heavy (non-hydrogen) atoms. The fourth-order valence-corrected chi connectivity index (χ4v) is 2.55. The number of methoxy groups -OCH3 is 1. The zero-order valence-electron chi connectivity index (χ0n) is 15.2. The van der Waals surface area contributed by atoms with Crippen molar-refractivity contribution in [2.75, 3.05) is 25.1 Å². The van der Waals surface area contributed by atoms with Crippen molar-refractivity contribution in [2.45, 2.75) is 13.3 Å². The quantitative estimate of drug-likeness (QED) is 0.757. The lowest BCUT2D eigenvalue weighted by Gasteiger charge is -2.22. The average Bonchev–Trinajstić information content (AvgIpc) is 2.67. The highest BCUT2D eigenvalue weighted by Crippen LogP contribution is 2.21. The van der Waals surface area contributed by atoms with Gasteiger partial charge in [0.1, 0.15) is 12.4 Å². The summed E-state index contributed by atoms with van der Waals surface area (Å²) in [5.41, 5.74) is 1.40. The van der Waals surface area contributed by atoms with Crippen LogP contribution in [0.3, 0.4) is 0 Å². The van der Waals surface area contributed by atoms with Gasteiger partial charge >= 0.3 is 5.97 Å². The third kappa shape index (κ3) is 5.64. The fourth-order valence-electron chi connectivity index (χ4n) is 2.55. The maximum atomic E-state index is 12.9. The van der Waals surface area contributed by atoms with Crippen LogP contribution in [0.5, 0.6) is 0 Å². The zero-order valence-corrected chi connectivity index (χ0v) is 15.2. The van der Waals surface area contributed by atoms with E-state index in [9.17, 15) is 18.8 Å². The second-order valence-corrected chi connectivity index (χ2v) is 5.84. The molecule has 2 aromatic carbocycles. The summed E-state index contributed by atoms with van der Waals surface area (Å²) in [6.07, 6.45) is 0.533. The Hall–Kier alpha value is -3.22. The Morgan fingerprint density at radius 2 is 1.74 bits per heavy atom. The summed E-state index contributed by atoms with van der Waals surface area (Å²) >= 11 is 0. The number of para-hydroxylation sites is 1. The third-order valence-electron chi connectivity index (χ3n) is 3.93. The number of nitrogens with one attached hydrogen (secondary N) is 1. The molecule has 1 N–H and O–H groups in total. The van der Waals surface area contributed by atoms with Crippen molar-refractivity contribution in [3.63, 3.8) is 0 Å². The molecule has 2 aromatic rings.